The van der Waals surface area contributed by atoms with Crippen LogP contribution in [0.4, 0.5) is 0 Å². The molecule has 1 N–H and O–H groups in total. The zero-order chi connectivity index (χ0) is 51.8. The SMILES string of the molecule is C.C=C(C)C(C)CCC.C=C(CC(C)C(C)(C)C)C1C[C@H](C)CC1C(C)=O.C=C(CC)CCCC(C)CC.C=CCNC=C.CC.CC.CC.CC(C)(C)C.CC(C)C.CC(C)C. The lowest BCUT2D eigenvalue weighted by Crippen LogP contribution is -2.22. The van der Waals surface area contributed by atoms with Crippen LogP contribution in [0.2, 0.25) is 0 Å². The first-order chi connectivity index (χ1) is 28.4. The number of carbonyl (C=O) groups is 1. The number of ketones is 1. The molecule has 0 saturated heterocycles. The fraction of sp³-hybridized carbons (Fsp3) is 0.820. The number of allylic oxidation sites excluding steroid dienone is 3. The van der Waals surface area contributed by atoms with Crippen LogP contribution in [-0.2, 0) is 4.79 Å². The van der Waals surface area contributed by atoms with Crippen molar-refractivity contribution in [1.82, 2.24) is 5.32 Å². The first-order valence-corrected chi connectivity index (χ1v) is 25.8. The monoisotopic (exact) mass is 894 g/mol. The van der Waals surface area contributed by atoms with Gasteiger partial charge in [0, 0.05) is 12.5 Å². The second kappa shape index (κ2) is 58.2. The van der Waals surface area contributed by atoms with E-state index in [9.17, 15) is 4.79 Å². The van der Waals surface area contributed by atoms with E-state index < -0.39 is 0 Å². The Labute approximate surface area is 406 Å². The van der Waals surface area contributed by atoms with Gasteiger partial charge in [0.2, 0.25) is 0 Å². The van der Waals surface area contributed by atoms with Gasteiger partial charge in [0.1, 0.15) is 5.78 Å². The van der Waals surface area contributed by atoms with Crippen molar-refractivity contribution >= 4 is 5.78 Å². The Kier molecular flexibility index (Phi) is 78.1. The first kappa shape index (κ1) is 84.6. The maximum absolute atomic E-state index is 11.7. The molecule has 0 heterocycles. The molecule has 5 unspecified atom stereocenters. The number of Topliss-reactive ketones (excluding diaryl/α,β-unsaturated/α-hetero) is 1. The second-order valence-corrected chi connectivity index (χ2v) is 20.9. The quantitative estimate of drug-likeness (QED) is 0.124. The van der Waals surface area contributed by atoms with Gasteiger partial charge in [-0.2, -0.15) is 0 Å². The van der Waals surface area contributed by atoms with Gasteiger partial charge >= 0.3 is 0 Å². The van der Waals surface area contributed by atoms with Gasteiger partial charge in [-0.25, -0.2) is 0 Å². The molecule has 1 aliphatic rings. The molecule has 1 fully saturated rings. The summed E-state index contributed by atoms with van der Waals surface area (Å²) in [7, 11) is 0. The summed E-state index contributed by atoms with van der Waals surface area (Å²) in [6.45, 7) is 80.1. The smallest absolute Gasteiger partial charge is 0.133 e. The summed E-state index contributed by atoms with van der Waals surface area (Å²) < 4.78 is 0. The van der Waals surface area contributed by atoms with Crippen molar-refractivity contribution in [1.29, 1.82) is 0 Å². The largest absolute Gasteiger partial charge is 0.388 e. The van der Waals surface area contributed by atoms with E-state index in [1.807, 2.05) is 41.5 Å². The Bertz CT molecular complexity index is 927. The topological polar surface area (TPSA) is 29.1 Å². The predicted molar refractivity (Wildman–Crippen MR) is 305 cm³/mol. The molecule has 6 atom stereocenters. The van der Waals surface area contributed by atoms with E-state index in [0.29, 0.717) is 34.4 Å². The van der Waals surface area contributed by atoms with Crippen molar-refractivity contribution in [3.8, 4) is 0 Å². The van der Waals surface area contributed by atoms with Crippen molar-refractivity contribution in [3.63, 3.8) is 0 Å². The Morgan fingerprint density at radius 1 is 0.714 bits per heavy atom. The number of hydrogen-bond acceptors (Lipinski definition) is 2. The number of nitrogens with one attached hydrogen (secondary N) is 1. The maximum atomic E-state index is 11.7. The van der Waals surface area contributed by atoms with E-state index >= 15 is 0 Å². The maximum Gasteiger partial charge on any atom is 0.133 e. The molecule has 1 rings (SSSR count). The Morgan fingerprint density at radius 3 is 1.33 bits per heavy atom. The van der Waals surface area contributed by atoms with Crippen molar-refractivity contribution < 1.29 is 4.79 Å². The number of hydrogen-bond donors (Lipinski definition) is 1. The molecular weight excluding hydrogens is 763 g/mol. The molecule has 1 saturated carbocycles. The molecular formula is C61H131NO. The van der Waals surface area contributed by atoms with Gasteiger partial charge in [-0.1, -0.05) is 256 Å². The van der Waals surface area contributed by atoms with Crippen LogP contribution in [0.25, 0.3) is 0 Å². The highest BCUT2D eigenvalue weighted by Crippen LogP contribution is 2.43. The summed E-state index contributed by atoms with van der Waals surface area (Å²) in [6.07, 6.45) is 15.7. The highest BCUT2D eigenvalue weighted by Gasteiger charge is 2.37. The molecule has 0 aromatic heterocycles. The van der Waals surface area contributed by atoms with Crippen molar-refractivity contribution in [2.75, 3.05) is 6.54 Å². The van der Waals surface area contributed by atoms with Crippen LogP contribution >= 0.6 is 0 Å². The predicted octanol–water partition coefficient (Wildman–Crippen LogP) is 22.0. The van der Waals surface area contributed by atoms with Crippen LogP contribution in [0.5, 0.6) is 0 Å². The number of rotatable bonds is 16. The third-order valence-corrected chi connectivity index (χ3v) is 9.29. The lowest BCUT2D eigenvalue weighted by atomic mass is 9.75. The van der Waals surface area contributed by atoms with Crippen molar-refractivity contribution in [3.05, 3.63) is 61.9 Å². The van der Waals surface area contributed by atoms with Crippen molar-refractivity contribution in [2.24, 2.45) is 58.2 Å². The van der Waals surface area contributed by atoms with E-state index in [0.717, 1.165) is 55.9 Å². The molecule has 63 heavy (non-hydrogen) atoms. The summed E-state index contributed by atoms with van der Waals surface area (Å²) in [5.74, 6) is 5.61. The summed E-state index contributed by atoms with van der Waals surface area (Å²) in [5.41, 5.74) is 4.85. The third-order valence-electron chi connectivity index (χ3n) is 9.29. The summed E-state index contributed by atoms with van der Waals surface area (Å²) >= 11 is 0. The second-order valence-electron chi connectivity index (χ2n) is 20.9. The molecule has 0 aliphatic heterocycles. The molecule has 0 aromatic rings. The van der Waals surface area contributed by atoms with Gasteiger partial charge in [0.15, 0.2) is 0 Å². The van der Waals surface area contributed by atoms with Crippen molar-refractivity contribution in [2.45, 2.75) is 265 Å². The fourth-order valence-electron chi connectivity index (χ4n) is 4.97. The van der Waals surface area contributed by atoms with E-state index in [-0.39, 0.29) is 13.3 Å². The minimum Gasteiger partial charge on any atom is -0.388 e. The van der Waals surface area contributed by atoms with Crippen LogP contribution in [0.15, 0.2) is 61.9 Å². The van der Waals surface area contributed by atoms with Gasteiger partial charge in [0.25, 0.3) is 0 Å². The van der Waals surface area contributed by atoms with Gasteiger partial charge in [-0.15, -0.1) is 6.58 Å². The Morgan fingerprint density at radius 2 is 1.10 bits per heavy atom. The average Bonchev–Trinajstić information content (AvgIpc) is 3.57. The lowest BCUT2D eigenvalue weighted by molar-refractivity contribution is -0.121. The van der Waals surface area contributed by atoms with Crippen LogP contribution in [0.1, 0.15) is 265 Å². The molecule has 0 spiro atoms. The molecule has 1 aliphatic carbocycles. The van der Waals surface area contributed by atoms with Crippen LogP contribution in [0, 0.1) is 58.2 Å². The lowest BCUT2D eigenvalue weighted by Gasteiger charge is -2.30. The van der Waals surface area contributed by atoms with Gasteiger partial charge in [-0.05, 0) is 117 Å². The average molecular weight is 895 g/mol. The van der Waals surface area contributed by atoms with Gasteiger partial charge in [-0.3, -0.25) is 4.79 Å². The molecule has 0 bridgehead atoms. The minimum absolute atomic E-state index is 0. The zero-order valence-corrected chi connectivity index (χ0v) is 49.0. The standard InChI is InChI=1S/C17H30O.C11H22.C8H16.C5H9N.C5H12.2C4H10.3C2H6.CH4/c1-11-8-15(16(9-11)14(4)18)12(2)10-13(3)17(5,6)7;1-5-10(3)8-7-9-11(4)6-2;1-5-6-8(4)7(2)3;1-3-5-6-4-2;1-5(2,3)4;2*1-4(2)3;3*1-2;/h11,13,15-16H,2,8-10H2,1,3-7H3;11H,3,5-9H2,1-2,4H3;8H,2,5-6H2,1,3-4H3;3-4,6H,1-2,5H2;1-4H3;2*4H,1-3H3;3*1-2H3;1H4/t11-,13?,15?,16?;;;;;;;;;;/m0........../s1. The van der Waals surface area contributed by atoms with Crippen LogP contribution in [-0.4, -0.2) is 12.3 Å². The normalized spacial score (nSPS) is 15.6. The fourth-order valence-corrected chi connectivity index (χ4v) is 4.97. The Balaban J connectivity index is -0.0000000680. The minimum atomic E-state index is 0. The summed E-state index contributed by atoms with van der Waals surface area (Å²) in [5, 5.41) is 2.84. The zero-order valence-electron chi connectivity index (χ0n) is 49.0. The van der Waals surface area contributed by atoms with Gasteiger partial charge in [0.05, 0.1) is 0 Å². The van der Waals surface area contributed by atoms with E-state index in [4.69, 9.17) is 0 Å². The molecule has 386 valence electrons. The highest BCUT2D eigenvalue weighted by molar-refractivity contribution is 5.79. The molecule has 2 nitrogen and oxygen atoms in total. The van der Waals surface area contributed by atoms with E-state index in [1.54, 1.807) is 19.2 Å². The summed E-state index contributed by atoms with van der Waals surface area (Å²) in [4.78, 5) is 11.7. The van der Waals surface area contributed by atoms with E-state index in [2.05, 4.69) is 184 Å². The third kappa shape index (κ3) is 87.7. The Hall–Kier alpha value is -1.83. The van der Waals surface area contributed by atoms with Crippen LogP contribution in [0.3, 0.4) is 0 Å². The first-order valence-electron chi connectivity index (χ1n) is 25.8. The molecule has 0 amide bonds. The van der Waals surface area contributed by atoms with Gasteiger partial charge < -0.3 is 5.32 Å². The molecule has 2 heteroatoms. The number of carbonyl (C=O) groups excluding carboxylic acids is 1. The molecule has 0 aromatic carbocycles. The highest BCUT2D eigenvalue weighted by atomic mass is 16.1. The van der Waals surface area contributed by atoms with E-state index in [1.165, 1.54) is 55.2 Å². The van der Waals surface area contributed by atoms with Crippen LogP contribution < -0.4 is 5.32 Å². The summed E-state index contributed by atoms with van der Waals surface area (Å²) in [6, 6.07) is 0. The molecule has 0 radical (unpaired) electrons.